The molecule has 0 amide bonds. The molecule has 0 aromatic carbocycles. The number of aryl methyl sites for hydroxylation is 1. The first-order chi connectivity index (χ1) is 9.54. The van der Waals surface area contributed by atoms with Crippen molar-refractivity contribution >= 4 is 10.0 Å². The Bertz CT molecular complexity index is 535. The van der Waals surface area contributed by atoms with Gasteiger partial charge in [-0.2, -0.15) is 5.10 Å². The normalized spacial score (nSPS) is 15.7. The van der Waals surface area contributed by atoms with Crippen LogP contribution < -0.4 is 10.0 Å². The van der Waals surface area contributed by atoms with Crippen molar-refractivity contribution in [1.29, 1.82) is 0 Å². The van der Waals surface area contributed by atoms with Crippen LogP contribution in [0, 0.1) is 12.8 Å². The fourth-order valence-electron chi connectivity index (χ4n) is 2.12. The van der Waals surface area contributed by atoms with E-state index < -0.39 is 10.0 Å². The zero-order valence-corrected chi connectivity index (χ0v) is 13.0. The van der Waals surface area contributed by atoms with Crippen molar-refractivity contribution in [2.75, 3.05) is 13.1 Å². The van der Waals surface area contributed by atoms with Crippen molar-refractivity contribution in [2.45, 2.75) is 51.1 Å². The molecular formula is C13H24N4O2S. The maximum atomic E-state index is 12.3. The average molecular weight is 300 g/mol. The molecule has 0 aliphatic heterocycles. The Labute approximate surface area is 120 Å². The van der Waals surface area contributed by atoms with Crippen LogP contribution in [0.1, 0.15) is 43.9 Å². The van der Waals surface area contributed by atoms with E-state index in [1.165, 1.54) is 12.8 Å². The maximum absolute atomic E-state index is 12.3. The van der Waals surface area contributed by atoms with Crippen LogP contribution in [0.3, 0.4) is 0 Å². The molecule has 6 nitrogen and oxygen atoms in total. The summed E-state index contributed by atoms with van der Waals surface area (Å²) in [4.78, 5) is 0. The van der Waals surface area contributed by atoms with E-state index in [1.807, 2.05) is 6.92 Å². The Morgan fingerprint density at radius 1 is 1.35 bits per heavy atom. The largest absolute Gasteiger partial charge is 0.313 e. The second-order valence-corrected chi connectivity index (χ2v) is 7.12. The van der Waals surface area contributed by atoms with Gasteiger partial charge < -0.3 is 5.32 Å². The monoisotopic (exact) mass is 300 g/mol. The van der Waals surface area contributed by atoms with Gasteiger partial charge >= 0.3 is 0 Å². The van der Waals surface area contributed by atoms with Gasteiger partial charge in [-0.15, -0.1) is 0 Å². The smallest absolute Gasteiger partial charge is 0.260 e. The number of nitrogens with one attached hydrogen (secondary N) is 3. The minimum Gasteiger partial charge on any atom is -0.313 e. The molecule has 1 aliphatic rings. The predicted molar refractivity (Wildman–Crippen MR) is 77.9 cm³/mol. The second kappa shape index (κ2) is 6.69. The molecule has 2 rings (SSSR count). The van der Waals surface area contributed by atoms with Crippen molar-refractivity contribution in [3.63, 3.8) is 0 Å². The molecule has 0 atom stereocenters. The summed E-state index contributed by atoms with van der Waals surface area (Å²) >= 11 is 0. The van der Waals surface area contributed by atoms with E-state index in [-0.39, 0.29) is 5.03 Å². The Morgan fingerprint density at radius 2 is 2.10 bits per heavy atom. The van der Waals surface area contributed by atoms with Gasteiger partial charge in [-0.25, -0.2) is 13.1 Å². The molecule has 7 heteroatoms. The second-order valence-electron chi connectivity index (χ2n) is 5.44. The molecule has 1 saturated carbocycles. The van der Waals surface area contributed by atoms with Crippen molar-refractivity contribution in [1.82, 2.24) is 20.2 Å². The summed E-state index contributed by atoms with van der Waals surface area (Å²) in [7, 11) is -3.51. The zero-order valence-electron chi connectivity index (χ0n) is 12.2. The van der Waals surface area contributed by atoms with Crippen LogP contribution in [-0.4, -0.2) is 31.7 Å². The van der Waals surface area contributed by atoms with Crippen molar-refractivity contribution in [2.24, 2.45) is 5.92 Å². The molecule has 20 heavy (non-hydrogen) atoms. The highest BCUT2D eigenvalue weighted by Crippen LogP contribution is 2.31. The lowest BCUT2D eigenvalue weighted by Gasteiger charge is -2.07. The summed E-state index contributed by atoms with van der Waals surface area (Å²) in [5.74, 6) is 0.712. The lowest BCUT2D eigenvalue weighted by molar-refractivity contribution is 0.568. The zero-order chi connectivity index (χ0) is 14.6. The van der Waals surface area contributed by atoms with E-state index in [2.05, 4.69) is 27.2 Å². The van der Waals surface area contributed by atoms with Gasteiger partial charge in [0.05, 0.1) is 0 Å². The van der Waals surface area contributed by atoms with Crippen molar-refractivity contribution in [3.8, 4) is 0 Å². The lowest BCUT2D eigenvalue weighted by atomic mass is 10.2. The number of sulfonamides is 1. The van der Waals surface area contributed by atoms with E-state index in [1.54, 1.807) is 0 Å². The summed E-state index contributed by atoms with van der Waals surface area (Å²) < 4.78 is 27.2. The molecule has 1 aromatic heterocycles. The molecular weight excluding hydrogens is 276 g/mol. The number of rotatable bonds is 9. The number of aromatic amines is 1. The molecule has 1 heterocycles. The third-order valence-electron chi connectivity index (χ3n) is 3.56. The fourth-order valence-corrected chi connectivity index (χ4v) is 3.36. The topological polar surface area (TPSA) is 86.9 Å². The number of H-pyrrole nitrogens is 1. The standard InChI is InChI=1S/C13H24N4O2S/c1-3-7-14-9-12-10(2)16-17-13(12)20(18,19)15-8-6-11-4-5-11/h11,14-15H,3-9H2,1-2H3,(H,16,17). The van der Waals surface area contributed by atoms with Crippen LogP contribution in [-0.2, 0) is 16.6 Å². The molecule has 0 spiro atoms. The summed E-state index contributed by atoms with van der Waals surface area (Å²) in [5.41, 5.74) is 1.54. The number of aromatic nitrogens is 2. The van der Waals surface area contributed by atoms with Gasteiger partial charge in [0, 0.05) is 24.3 Å². The summed E-state index contributed by atoms with van der Waals surface area (Å²) in [6, 6.07) is 0. The lowest BCUT2D eigenvalue weighted by Crippen LogP contribution is -2.27. The minimum atomic E-state index is -3.51. The van der Waals surface area contributed by atoms with Crippen LogP contribution >= 0.6 is 0 Å². The Kier molecular flexibility index (Phi) is 5.17. The third kappa shape index (κ3) is 4.04. The van der Waals surface area contributed by atoms with Gasteiger partial charge in [-0.3, -0.25) is 5.10 Å². The van der Waals surface area contributed by atoms with Crippen LogP contribution in [0.15, 0.2) is 5.03 Å². The Morgan fingerprint density at radius 3 is 2.75 bits per heavy atom. The van der Waals surface area contributed by atoms with Gasteiger partial charge in [-0.05, 0) is 32.2 Å². The molecule has 114 valence electrons. The number of hydrogen-bond acceptors (Lipinski definition) is 4. The van der Waals surface area contributed by atoms with E-state index >= 15 is 0 Å². The number of hydrogen-bond donors (Lipinski definition) is 3. The van der Waals surface area contributed by atoms with Gasteiger partial charge in [0.2, 0.25) is 0 Å². The molecule has 0 bridgehead atoms. The first kappa shape index (κ1) is 15.5. The molecule has 0 radical (unpaired) electrons. The van der Waals surface area contributed by atoms with Gasteiger partial charge in [-0.1, -0.05) is 19.8 Å². The summed E-state index contributed by atoms with van der Waals surface area (Å²) in [6.45, 7) is 5.81. The third-order valence-corrected chi connectivity index (χ3v) is 4.99. The first-order valence-electron chi connectivity index (χ1n) is 7.28. The summed E-state index contributed by atoms with van der Waals surface area (Å²) in [6.07, 6.45) is 4.40. The van der Waals surface area contributed by atoms with Crippen LogP contribution in [0.2, 0.25) is 0 Å². The SMILES string of the molecule is CCCNCc1c(S(=O)(=O)NCCC2CC2)n[nH]c1C. The highest BCUT2D eigenvalue weighted by Gasteiger charge is 2.25. The summed E-state index contributed by atoms with van der Waals surface area (Å²) in [5, 5.41) is 10.1. The Hall–Kier alpha value is -0.920. The Balaban J connectivity index is 2.01. The molecule has 3 N–H and O–H groups in total. The minimum absolute atomic E-state index is 0.134. The molecule has 0 saturated heterocycles. The van der Waals surface area contributed by atoms with Gasteiger partial charge in [0.1, 0.15) is 0 Å². The van der Waals surface area contributed by atoms with Crippen molar-refractivity contribution in [3.05, 3.63) is 11.3 Å². The van der Waals surface area contributed by atoms with Crippen molar-refractivity contribution < 1.29 is 8.42 Å². The molecule has 0 unspecified atom stereocenters. The quantitative estimate of drug-likeness (QED) is 0.600. The van der Waals surface area contributed by atoms with Crippen LogP contribution in [0.4, 0.5) is 0 Å². The average Bonchev–Trinajstić information content (AvgIpc) is 3.13. The molecule has 1 fully saturated rings. The first-order valence-corrected chi connectivity index (χ1v) is 8.77. The van der Waals surface area contributed by atoms with Crippen LogP contribution in [0.25, 0.3) is 0 Å². The van der Waals surface area contributed by atoms with E-state index in [9.17, 15) is 8.42 Å². The van der Waals surface area contributed by atoms with E-state index in [4.69, 9.17) is 0 Å². The van der Waals surface area contributed by atoms with Gasteiger partial charge in [0.25, 0.3) is 10.0 Å². The van der Waals surface area contributed by atoms with Crippen LogP contribution in [0.5, 0.6) is 0 Å². The maximum Gasteiger partial charge on any atom is 0.260 e. The van der Waals surface area contributed by atoms with E-state index in [0.29, 0.717) is 19.0 Å². The predicted octanol–water partition coefficient (Wildman–Crippen LogP) is 1.30. The van der Waals surface area contributed by atoms with Gasteiger partial charge in [0.15, 0.2) is 5.03 Å². The molecule has 1 aromatic rings. The highest BCUT2D eigenvalue weighted by atomic mass is 32.2. The highest BCUT2D eigenvalue weighted by molar-refractivity contribution is 7.89. The molecule has 1 aliphatic carbocycles. The van der Waals surface area contributed by atoms with E-state index in [0.717, 1.165) is 30.6 Å². The fraction of sp³-hybridized carbons (Fsp3) is 0.769. The number of nitrogens with zero attached hydrogens (tertiary/aromatic N) is 1.